The van der Waals surface area contributed by atoms with Crippen LogP contribution in [0.25, 0.3) is 10.8 Å². The molecule has 0 aliphatic heterocycles. The van der Waals surface area contributed by atoms with Crippen molar-refractivity contribution in [3.8, 4) is 0 Å². The molecule has 2 heteroatoms. The van der Waals surface area contributed by atoms with Gasteiger partial charge in [0.25, 0.3) is 0 Å². The summed E-state index contributed by atoms with van der Waals surface area (Å²) in [6.07, 6.45) is 1.89. The standard InChI is InChI=1S/C14H18N2/c15-7-5-11-1-3-13-10-12(6-8-16)2-4-14(13)9-11/h1-4,9-10H,5-8,15-16H2. The van der Waals surface area contributed by atoms with E-state index in [2.05, 4.69) is 36.4 Å². The van der Waals surface area contributed by atoms with E-state index in [1.54, 1.807) is 0 Å². The molecule has 2 nitrogen and oxygen atoms in total. The molecular formula is C14H18N2. The van der Waals surface area contributed by atoms with Gasteiger partial charge in [-0.15, -0.1) is 0 Å². The van der Waals surface area contributed by atoms with E-state index in [0.29, 0.717) is 13.1 Å². The maximum absolute atomic E-state index is 5.55. The van der Waals surface area contributed by atoms with Gasteiger partial charge in [0.2, 0.25) is 0 Å². The van der Waals surface area contributed by atoms with Crippen molar-refractivity contribution in [1.29, 1.82) is 0 Å². The van der Waals surface area contributed by atoms with Crippen LogP contribution >= 0.6 is 0 Å². The van der Waals surface area contributed by atoms with Crippen LogP contribution in [0.15, 0.2) is 36.4 Å². The Hall–Kier alpha value is -1.38. The highest BCUT2D eigenvalue weighted by atomic mass is 14.5. The van der Waals surface area contributed by atoms with Crippen molar-refractivity contribution in [2.75, 3.05) is 13.1 Å². The van der Waals surface area contributed by atoms with Gasteiger partial charge in [0.05, 0.1) is 0 Å². The Morgan fingerprint density at radius 1 is 0.688 bits per heavy atom. The number of hydrogen-bond acceptors (Lipinski definition) is 2. The van der Waals surface area contributed by atoms with Crippen LogP contribution in [0.1, 0.15) is 11.1 Å². The van der Waals surface area contributed by atoms with Gasteiger partial charge in [0, 0.05) is 0 Å². The third kappa shape index (κ3) is 2.40. The van der Waals surface area contributed by atoms with E-state index in [9.17, 15) is 0 Å². The van der Waals surface area contributed by atoms with Crippen molar-refractivity contribution < 1.29 is 0 Å². The second-order valence-electron chi connectivity index (χ2n) is 4.09. The minimum absolute atomic E-state index is 0.705. The van der Waals surface area contributed by atoms with E-state index in [0.717, 1.165) is 12.8 Å². The molecule has 4 N–H and O–H groups in total. The SMILES string of the molecule is NCCc1ccc2cc(CCN)ccc2c1. The molecule has 0 atom stereocenters. The molecule has 0 amide bonds. The molecule has 0 spiro atoms. The Labute approximate surface area is 96.3 Å². The molecule has 0 bridgehead atoms. The molecular weight excluding hydrogens is 196 g/mol. The summed E-state index contributed by atoms with van der Waals surface area (Å²) in [6, 6.07) is 13.1. The lowest BCUT2D eigenvalue weighted by molar-refractivity contribution is 0.968. The quantitative estimate of drug-likeness (QED) is 0.816. The van der Waals surface area contributed by atoms with Crippen LogP contribution in [0, 0.1) is 0 Å². The minimum atomic E-state index is 0.705. The van der Waals surface area contributed by atoms with Gasteiger partial charge < -0.3 is 11.5 Å². The summed E-state index contributed by atoms with van der Waals surface area (Å²) < 4.78 is 0. The molecule has 0 unspecified atom stereocenters. The number of hydrogen-bond donors (Lipinski definition) is 2. The van der Waals surface area contributed by atoms with Crippen LogP contribution in [0.4, 0.5) is 0 Å². The zero-order valence-electron chi connectivity index (χ0n) is 9.45. The zero-order valence-corrected chi connectivity index (χ0v) is 9.45. The molecule has 2 aromatic rings. The Morgan fingerprint density at radius 2 is 1.12 bits per heavy atom. The second-order valence-corrected chi connectivity index (χ2v) is 4.09. The van der Waals surface area contributed by atoms with Gasteiger partial charge >= 0.3 is 0 Å². The fourth-order valence-corrected chi connectivity index (χ4v) is 1.99. The van der Waals surface area contributed by atoms with E-state index in [4.69, 9.17) is 11.5 Å². The Bertz CT molecular complexity index is 432. The third-order valence-electron chi connectivity index (χ3n) is 2.84. The monoisotopic (exact) mass is 214 g/mol. The van der Waals surface area contributed by atoms with Crippen LogP contribution in [0.3, 0.4) is 0 Å². The molecule has 16 heavy (non-hydrogen) atoms. The molecule has 0 heterocycles. The van der Waals surface area contributed by atoms with E-state index in [1.165, 1.54) is 21.9 Å². The summed E-state index contributed by atoms with van der Waals surface area (Å²) in [6.45, 7) is 1.41. The first-order valence-corrected chi connectivity index (χ1v) is 5.75. The molecule has 0 saturated heterocycles. The first-order chi connectivity index (χ1) is 7.83. The summed E-state index contributed by atoms with van der Waals surface area (Å²) >= 11 is 0. The summed E-state index contributed by atoms with van der Waals surface area (Å²) in [5.41, 5.74) is 13.7. The normalized spacial score (nSPS) is 10.9. The maximum atomic E-state index is 5.55. The lowest BCUT2D eigenvalue weighted by Crippen LogP contribution is -2.03. The van der Waals surface area contributed by atoms with Gasteiger partial charge in [-0.1, -0.05) is 36.4 Å². The fourth-order valence-electron chi connectivity index (χ4n) is 1.99. The van der Waals surface area contributed by atoms with Gasteiger partial charge in [-0.25, -0.2) is 0 Å². The average Bonchev–Trinajstić information content (AvgIpc) is 2.30. The third-order valence-corrected chi connectivity index (χ3v) is 2.84. The highest BCUT2D eigenvalue weighted by Crippen LogP contribution is 2.18. The molecule has 2 aromatic carbocycles. The summed E-state index contributed by atoms with van der Waals surface area (Å²) in [5, 5.41) is 2.57. The van der Waals surface area contributed by atoms with Crippen LogP contribution < -0.4 is 11.5 Å². The number of fused-ring (bicyclic) bond motifs is 1. The largest absolute Gasteiger partial charge is 0.330 e. The summed E-state index contributed by atoms with van der Waals surface area (Å²) in [5.74, 6) is 0. The second kappa shape index (κ2) is 5.10. The van der Waals surface area contributed by atoms with Crippen molar-refractivity contribution >= 4 is 10.8 Å². The Morgan fingerprint density at radius 3 is 1.50 bits per heavy atom. The molecule has 0 fully saturated rings. The van der Waals surface area contributed by atoms with Gasteiger partial charge in [0.15, 0.2) is 0 Å². The smallest absolute Gasteiger partial charge is 0.00367 e. The van der Waals surface area contributed by atoms with Gasteiger partial charge in [-0.2, -0.15) is 0 Å². The molecule has 0 aromatic heterocycles. The average molecular weight is 214 g/mol. The first-order valence-electron chi connectivity index (χ1n) is 5.75. The van der Waals surface area contributed by atoms with E-state index in [1.807, 2.05) is 0 Å². The van der Waals surface area contributed by atoms with Crippen LogP contribution in [-0.4, -0.2) is 13.1 Å². The highest BCUT2D eigenvalue weighted by Gasteiger charge is 1.98. The highest BCUT2D eigenvalue weighted by molar-refractivity contribution is 5.83. The van der Waals surface area contributed by atoms with E-state index in [-0.39, 0.29) is 0 Å². The number of rotatable bonds is 4. The van der Waals surface area contributed by atoms with Crippen molar-refractivity contribution in [2.45, 2.75) is 12.8 Å². The molecule has 2 rings (SSSR count). The number of nitrogens with two attached hydrogens (primary N) is 2. The summed E-state index contributed by atoms with van der Waals surface area (Å²) in [7, 11) is 0. The molecule has 0 saturated carbocycles. The van der Waals surface area contributed by atoms with E-state index >= 15 is 0 Å². The van der Waals surface area contributed by atoms with Crippen LogP contribution in [-0.2, 0) is 12.8 Å². The lowest BCUT2D eigenvalue weighted by Gasteiger charge is -2.05. The van der Waals surface area contributed by atoms with Crippen molar-refractivity contribution in [1.82, 2.24) is 0 Å². The van der Waals surface area contributed by atoms with Gasteiger partial charge in [-0.05, 0) is 47.8 Å². The summed E-state index contributed by atoms with van der Waals surface area (Å²) in [4.78, 5) is 0. The fraction of sp³-hybridized carbons (Fsp3) is 0.286. The molecule has 0 aliphatic rings. The molecule has 0 radical (unpaired) electrons. The van der Waals surface area contributed by atoms with Crippen LogP contribution in [0.2, 0.25) is 0 Å². The Kier molecular flexibility index (Phi) is 3.54. The predicted octanol–water partition coefficient (Wildman–Crippen LogP) is 1.84. The van der Waals surface area contributed by atoms with E-state index < -0.39 is 0 Å². The molecule has 84 valence electrons. The van der Waals surface area contributed by atoms with Crippen LogP contribution in [0.5, 0.6) is 0 Å². The predicted molar refractivity (Wildman–Crippen MR) is 69.5 cm³/mol. The van der Waals surface area contributed by atoms with Gasteiger partial charge in [-0.3, -0.25) is 0 Å². The number of benzene rings is 2. The topological polar surface area (TPSA) is 52.0 Å². The maximum Gasteiger partial charge on any atom is -0.00367 e. The van der Waals surface area contributed by atoms with Crippen molar-refractivity contribution in [3.63, 3.8) is 0 Å². The molecule has 0 aliphatic carbocycles. The first kappa shape index (κ1) is 11.1. The van der Waals surface area contributed by atoms with Gasteiger partial charge in [0.1, 0.15) is 0 Å². The minimum Gasteiger partial charge on any atom is -0.330 e. The zero-order chi connectivity index (χ0) is 11.4. The van der Waals surface area contributed by atoms with Crippen molar-refractivity contribution in [2.24, 2.45) is 11.5 Å². The van der Waals surface area contributed by atoms with Crippen molar-refractivity contribution in [3.05, 3.63) is 47.5 Å². The Balaban J connectivity index is 2.36. The lowest BCUT2D eigenvalue weighted by atomic mass is 10.0.